The quantitative estimate of drug-likeness (QED) is 0.642. The minimum Gasteiger partial charge on any atom is -0.504 e. The standard InChI is InChI=1S/C27H31NO4.ClH/c1-2-28-15-14-26-23-19-10-11-20(29)24(23)32-25(26)21(30)12-13-27(26,22(28)17-19)31-16-6-9-18-7-4-3-5-8-18;/h3-5,7-8,10-11,22,25,29H,2,6,9,12-17H2,1H3;1H/t22-,25?,26+,27-;/m1./s1. The lowest BCUT2D eigenvalue weighted by molar-refractivity contribution is -0.212. The van der Waals surface area contributed by atoms with Gasteiger partial charge in [-0.25, -0.2) is 0 Å². The molecule has 1 saturated carbocycles. The highest BCUT2D eigenvalue weighted by Gasteiger charge is 2.74. The molecule has 0 radical (unpaired) electrons. The fourth-order valence-electron chi connectivity index (χ4n) is 7.23. The van der Waals surface area contributed by atoms with E-state index in [4.69, 9.17) is 9.47 Å². The third kappa shape index (κ3) is 3.02. The molecular formula is C27H32ClNO4. The number of nitrogens with zero attached hydrogens (tertiary/aromatic N) is 1. The van der Waals surface area contributed by atoms with Gasteiger partial charge in [-0.05, 0) is 62.4 Å². The normalized spacial score (nSPS) is 31.5. The van der Waals surface area contributed by atoms with Crippen LogP contribution in [-0.2, 0) is 27.8 Å². The predicted octanol–water partition coefficient (Wildman–Crippen LogP) is 4.21. The Bertz CT molecular complexity index is 1060. The summed E-state index contributed by atoms with van der Waals surface area (Å²) in [4.78, 5) is 15.7. The van der Waals surface area contributed by atoms with E-state index in [1.807, 2.05) is 12.1 Å². The lowest BCUT2D eigenvalue weighted by atomic mass is 9.48. The molecule has 6 heteroatoms. The summed E-state index contributed by atoms with van der Waals surface area (Å²) in [6, 6.07) is 14.5. The first kappa shape index (κ1) is 22.7. The third-order valence-corrected chi connectivity index (χ3v) is 8.55. The molecule has 33 heavy (non-hydrogen) atoms. The maximum absolute atomic E-state index is 13.2. The Hall–Kier alpha value is -2.08. The molecule has 5 nitrogen and oxygen atoms in total. The van der Waals surface area contributed by atoms with Crippen LogP contribution in [0.3, 0.4) is 0 Å². The van der Waals surface area contributed by atoms with Gasteiger partial charge in [0.25, 0.3) is 0 Å². The van der Waals surface area contributed by atoms with Crippen molar-refractivity contribution in [3.63, 3.8) is 0 Å². The number of carbonyl (C=O) groups is 1. The zero-order valence-electron chi connectivity index (χ0n) is 19.1. The van der Waals surface area contributed by atoms with Gasteiger partial charge in [0.15, 0.2) is 23.4 Å². The summed E-state index contributed by atoms with van der Waals surface area (Å²) in [7, 11) is 0. The molecule has 1 spiro atoms. The summed E-state index contributed by atoms with van der Waals surface area (Å²) in [5.41, 5.74) is 2.65. The van der Waals surface area contributed by atoms with Crippen molar-refractivity contribution in [1.82, 2.24) is 4.90 Å². The number of hydrogen-bond acceptors (Lipinski definition) is 5. The maximum Gasteiger partial charge on any atom is 0.174 e. The van der Waals surface area contributed by atoms with Crippen molar-refractivity contribution in [3.8, 4) is 11.5 Å². The van der Waals surface area contributed by atoms with Crippen LogP contribution in [0.1, 0.15) is 49.3 Å². The van der Waals surface area contributed by atoms with E-state index >= 15 is 0 Å². The molecule has 176 valence electrons. The summed E-state index contributed by atoms with van der Waals surface area (Å²) < 4.78 is 13.3. The first-order chi connectivity index (χ1) is 15.6. The van der Waals surface area contributed by atoms with Gasteiger partial charge in [0, 0.05) is 24.6 Å². The zero-order valence-corrected chi connectivity index (χ0v) is 19.9. The number of piperidine rings is 1. The molecule has 1 N–H and O–H groups in total. The number of Topliss-reactive ketones (excluding diaryl/α,β-unsaturated/α-hetero) is 1. The number of carbonyl (C=O) groups excluding carboxylic acids is 1. The molecule has 2 aromatic rings. The van der Waals surface area contributed by atoms with E-state index in [1.165, 1.54) is 11.1 Å². The van der Waals surface area contributed by atoms with Crippen LogP contribution in [0.15, 0.2) is 42.5 Å². The van der Waals surface area contributed by atoms with E-state index < -0.39 is 17.1 Å². The molecule has 4 atom stereocenters. The molecule has 1 unspecified atom stereocenters. The fourth-order valence-corrected chi connectivity index (χ4v) is 7.23. The van der Waals surface area contributed by atoms with E-state index in [1.54, 1.807) is 6.07 Å². The van der Waals surface area contributed by atoms with Gasteiger partial charge < -0.3 is 14.6 Å². The number of phenolic OH excluding ortho intramolecular Hbond substituents is 1. The summed E-state index contributed by atoms with van der Waals surface area (Å²) >= 11 is 0. The van der Waals surface area contributed by atoms with Crippen LogP contribution in [0, 0.1) is 0 Å². The van der Waals surface area contributed by atoms with Crippen molar-refractivity contribution >= 4 is 18.2 Å². The van der Waals surface area contributed by atoms with Crippen molar-refractivity contribution in [1.29, 1.82) is 0 Å². The Kier molecular flexibility index (Phi) is 5.71. The van der Waals surface area contributed by atoms with E-state index in [9.17, 15) is 9.90 Å². The first-order valence-electron chi connectivity index (χ1n) is 12.1. The molecule has 0 aromatic heterocycles. The average Bonchev–Trinajstić information content (AvgIpc) is 3.17. The largest absolute Gasteiger partial charge is 0.504 e. The van der Waals surface area contributed by atoms with Crippen LogP contribution < -0.4 is 4.74 Å². The number of likely N-dealkylation sites (tertiary alicyclic amines) is 1. The molecule has 2 fully saturated rings. The lowest BCUT2D eigenvalue weighted by Gasteiger charge is -2.64. The Morgan fingerprint density at radius 3 is 2.79 bits per heavy atom. The summed E-state index contributed by atoms with van der Waals surface area (Å²) in [5.74, 6) is 0.832. The van der Waals surface area contributed by atoms with Crippen molar-refractivity contribution in [2.24, 2.45) is 0 Å². The Morgan fingerprint density at radius 1 is 1.18 bits per heavy atom. The number of halogens is 1. The third-order valence-electron chi connectivity index (χ3n) is 8.55. The molecule has 6 rings (SSSR count). The number of aromatic hydroxyl groups is 1. The van der Waals surface area contributed by atoms with Gasteiger partial charge in [-0.15, -0.1) is 12.4 Å². The van der Waals surface area contributed by atoms with Crippen molar-refractivity contribution in [3.05, 3.63) is 59.2 Å². The maximum atomic E-state index is 13.2. The van der Waals surface area contributed by atoms with Gasteiger partial charge >= 0.3 is 0 Å². The van der Waals surface area contributed by atoms with E-state index in [-0.39, 0.29) is 30.0 Å². The summed E-state index contributed by atoms with van der Waals surface area (Å²) in [6.45, 7) is 4.78. The highest BCUT2D eigenvalue weighted by molar-refractivity contribution is 5.90. The number of rotatable bonds is 6. The number of hydrogen-bond donors (Lipinski definition) is 1. The smallest absolute Gasteiger partial charge is 0.174 e. The Balaban J connectivity index is 0.00000228. The summed E-state index contributed by atoms with van der Waals surface area (Å²) in [5, 5.41) is 10.6. The Morgan fingerprint density at radius 2 is 2.00 bits per heavy atom. The zero-order chi connectivity index (χ0) is 21.9. The van der Waals surface area contributed by atoms with Gasteiger partial charge in [-0.1, -0.05) is 43.3 Å². The average molecular weight is 470 g/mol. The molecule has 2 bridgehead atoms. The number of phenols is 1. The van der Waals surface area contributed by atoms with Gasteiger partial charge in [-0.2, -0.15) is 0 Å². The lowest BCUT2D eigenvalue weighted by Crippen LogP contribution is -2.77. The first-order valence-corrected chi connectivity index (χ1v) is 12.1. The van der Waals surface area contributed by atoms with Crippen LogP contribution >= 0.6 is 12.4 Å². The highest BCUT2D eigenvalue weighted by atomic mass is 35.5. The van der Waals surface area contributed by atoms with Gasteiger partial charge in [0.2, 0.25) is 0 Å². The molecule has 2 heterocycles. The molecule has 2 aliphatic heterocycles. The number of ketones is 1. The predicted molar refractivity (Wildman–Crippen MR) is 128 cm³/mol. The monoisotopic (exact) mass is 469 g/mol. The number of likely N-dealkylation sites (N-methyl/N-ethyl adjacent to an activating group) is 1. The second-order valence-electron chi connectivity index (χ2n) is 9.81. The number of ether oxygens (including phenoxy) is 2. The summed E-state index contributed by atoms with van der Waals surface area (Å²) in [6.07, 6.45) is 4.29. The van der Waals surface area contributed by atoms with Gasteiger partial charge in [-0.3, -0.25) is 9.69 Å². The van der Waals surface area contributed by atoms with Crippen molar-refractivity contribution in [2.45, 2.75) is 68.6 Å². The van der Waals surface area contributed by atoms with Crippen LogP contribution in [0.4, 0.5) is 0 Å². The molecule has 2 aromatic carbocycles. The molecule has 1 saturated heterocycles. The number of benzene rings is 2. The van der Waals surface area contributed by atoms with Gasteiger partial charge in [0.1, 0.15) is 0 Å². The molecule has 4 aliphatic rings. The van der Waals surface area contributed by atoms with Crippen molar-refractivity contribution in [2.75, 3.05) is 19.7 Å². The molecule has 2 aliphatic carbocycles. The second-order valence-corrected chi connectivity index (χ2v) is 9.81. The minimum atomic E-state index is -0.547. The molecule has 0 amide bonds. The van der Waals surface area contributed by atoms with Gasteiger partial charge in [0.05, 0.1) is 11.0 Å². The van der Waals surface area contributed by atoms with Crippen molar-refractivity contribution < 1.29 is 19.4 Å². The highest BCUT2D eigenvalue weighted by Crippen LogP contribution is 2.65. The van der Waals surface area contributed by atoms with Crippen LogP contribution in [0.25, 0.3) is 0 Å². The van der Waals surface area contributed by atoms with E-state index in [2.05, 4.69) is 36.1 Å². The topological polar surface area (TPSA) is 59.0 Å². The van der Waals surface area contributed by atoms with E-state index in [0.29, 0.717) is 18.8 Å². The molecular weight excluding hydrogens is 438 g/mol. The van der Waals surface area contributed by atoms with Crippen LogP contribution in [0.5, 0.6) is 11.5 Å². The second kappa shape index (κ2) is 8.30. The van der Waals surface area contributed by atoms with E-state index in [0.717, 1.165) is 50.8 Å². The minimum absolute atomic E-state index is 0. The van der Waals surface area contributed by atoms with Crippen LogP contribution in [0.2, 0.25) is 0 Å². The Labute approximate surface area is 201 Å². The fraction of sp³-hybridized carbons (Fsp3) is 0.519. The number of aryl methyl sites for hydroxylation is 1. The SMILES string of the molecule is CCN1CC[C@]23c4c5ccc(O)c4OC2C(=O)CC[C@@]3(OCCCc2ccccc2)[C@H]1C5.Cl. The van der Waals surface area contributed by atoms with Crippen LogP contribution in [-0.4, -0.2) is 53.2 Å².